The fourth-order valence-electron chi connectivity index (χ4n) is 1.64. The van der Waals surface area contributed by atoms with Gasteiger partial charge in [-0.1, -0.05) is 6.07 Å². The SMILES string of the molecule is COc1ccc(NC(=O)N[C@H](C)c2ccccn2)cn1. The van der Waals surface area contributed by atoms with Gasteiger partial charge in [-0.3, -0.25) is 4.98 Å². The molecule has 20 heavy (non-hydrogen) atoms. The Morgan fingerprint density at radius 1 is 1.25 bits per heavy atom. The molecule has 0 radical (unpaired) electrons. The molecule has 0 unspecified atom stereocenters. The second-order valence-electron chi connectivity index (χ2n) is 4.16. The van der Waals surface area contributed by atoms with Crippen LogP contribution in [0.4, 0.5) is 10.5 Å². The maximum Gasteiger partial charge on any atom is 0.319 e. The molecule has 0 aliphatic heterocycles. The lowest BCUT2D eigenvalue weighted by Crippen LogP contribution is -2.31. The molecule has 2 rings (SSSR count). The highest BCUT2D eigenvalue weighted by Gasteiger charge is 2.10. The summed E-state index contributed by atoms with van der Waals surface area (Å²) in [6.45, 7) is 1.87. The van der Waals surface area contributed by atoms with Crippen LogP contribution < -0.4 is 15.4 Å². The number of hydrogen-bond acceptors (Lipinski definition) is 4. The summed E-state index contributed by atoms with van der Waals surface area (Å²) < 4.78 is 4.95. The number of nitrogens with one attached hydrogen (secondary N) is 2. The fraction of sp³-hybridized carbons (Fsp3) is 0.214. The van der Waals surface area contributed by atoms with E-state index in [0.717, 1.165) is 5.69 Å². The number of ether oxygens (including phenoxy) is 1. The zero-order valence-electron chi connectivity index (χ0n) is 11.3. The van der Waals surface area contributed by atoms with Gasteiger partial charge in [0.15, 0.2) is 0 Å². The number of methoxy groups -OCH3 is 1. The van der Waals surface area contributed by atoms with E-state index in [0.29, 0.717) is 11.6 Å². The Bertz CT molecular complexity index is 557. The maximum atomic E-state index is 11.8. The van der Waals surface area contributed by atoms with Crippen LogP contribution in [0, 0.1) is 0 Å². The fourth-order valence-corrected chi connectivity index (χ4v) is 1.64. The van der Waals surface area contributed by atoms with Crippen LogP contribution in [-0.2, 0) is 0 Å². The molecule has 6 nitrogen and oxygen atoms in total. The number of carbonyl (C=O) groups excluding carboxylic acids is 1. The molecule has 0 saturated carbocycles. The van der Waals surface area contributed by atoms with Crippen LogP contribution in [-0.4, -0.2) is 23.1 Å². The summed E-state index contributed by atoms with van der Waals surface area (Å²) in [6.07, 6.45) is 3.22. The molecule has 1 atom stereocenters. The Balaban J connectivity index is 1.91. The minimum atomic E-state index is -0.310. The van der Waals surface area contributed by atoms with Crippen molar-refractivity contribution in [3.05, 3.63) is 48.4 Å². The largest absolute Gasteiger partial charge is 0.481 e. The molecule has 0 aliphatic carbocycles. The molecule has 0 saturated heterocycles. The van der Waals surface area contributed by atoms with E-state index in [-0.39, 0.29) is 12.1 Å². The van der Waals surface area contributed by atoms with Gasteiger partial charge in [0.2, 0.25) is 5.88 Å². The molecule has 2 aromatic rings. The summed E-state index contributed by atoms with van der Waals surface area (Å²) in [7, 11) is 1.54. The minimum absolute atomic E-state index is 0.178. The zero-order chi connectivity index (χ0) is 14.4. The predicted octanol–water partition coefficient (Wildman–Crippen LogP) is 2.37. The van der Waals surface area contributed by atoms with Crippen molar-refractivity contribution in [1.29, 1.82) is 0 Å². The molecule has 0 fully saturated rings. The van der Waals surface area contributed by atoms with Crippen molar-refractivity contribution >= 4 is 11.7 Å². The zero-order valence-corrected chi connectivity index (χ0v) is 11.3. The van der Waals surface area contributed by atoms with E-state index in [1.165, 1.54) is 13.3 Å². The van der Waals surface area contributed by atoms with Gasteiger partial charge in [0, 0.05) is 12.3 Å². The standard InChI is InChI=1S/C14H16N4O2/c1-10(12-5-3-4-8-15-12)17-14(19)18-11-6-7-13(20-2)16-9-11/h3-10H,1-2H3,(H2,17,18,19)/t10-/m1/s1. The molecule has 0 aliphatic rings. The van der Waals surface area contributed by atoms with Gasteiger partial charge in [-0.05, 0) is 25.1 Å². The highest BCUT2D eigenvalue weighted by atomic mass is 16.5. The van der Waals surface area contributed by atoms with Crippen LogP contribution in [0.1, 0.15) is 18.7 Å². The summed E-state index contributed by atoms with van der Waals surface area (Å²) >= 11 is 0. The van der Waals surface area contributed by atoms with Crippen LogP contribution in [0.5, 0.6) is 5.88 Å². The van der Waals surface area contributed by atoms with Gasteiger partial charge in [0.05, 0.1) is 30.7 Å². The number of urea groups is 1. The van der Waals surface area contributed by atoms with Gasteiger partial charge < -0.3 is 15.4 Å². The molecular weight excluding hydrogens is 256 g/mol. The van der Waals surface area contributed by atoms with E-state index in [9.17, 15) is 4.79 Å². The first kappa shape index (κ1) is 13.8. The van der Waals surface area contributed by atoms with E-state index in [1.54, 1.807) is 18.3 Å². The number of carbonyl (C=O) groups is 1. The van der Waals surface area contributed by atoms with Crippen LogP contribution in [0.25, 0.3) is 0 Å². The van der Waals surface area contributed by atoms with Crippen molar-refractivity contribution in [3.63, 3.8) is 0 Å². The number of rotatable bonds is 4. The average molecular weight is 272 g/mol. The van der Waals surface area contributed by atoms with Crippen molar-refractivity contribution in [1.82, 2.24) is 15.3 Å². The number of aromatic nitrogens is 2. The Kier molecular flexibility index (Phi) is 4.49. The lowest BCUT2D eigenvalue weighted by atomic mass is 10.2. The van der Waals surface area contributed by atoms with Gasteiger partial charge in [-0.25, -0.2) is 9.78 Å². The number of nitrogens with zero attached hydrogens (tertiary/aromatic N) is 2. The second kappa shape index (κ2) is 6.51. The number of hydrogen-bond donors (Lipinski definition) is 2. The van der Waals surface area contributed by atoms with Crippen molar-refractivity contribution in [2.45, 2.75) is 13.0 Å². The van der Waals surface area contributed by atoms with Gasteiger partial charge in [-0.15, -0.1) is 0 Å². The highest BCUT2D eigenvalue weighted by Crippen LogP contribution is 2.12. The first-order chi connectivity index (χ1) is 9.69. The molecule has 0 bridgehead atoms. The summed E-state index contributed by atoms with van der Waals surface area (Å²) in [5, 5.41) is 5.50. The quantitative estimate of drug-likeness (QED) is 0.895. The van der Waals surface area contributed by atoms with Crippen LogP contribution in [0.15, 0.2) is 42.7 Å². The summed E-state index contributed by atoms with van der Waals surface area (Å²) in [6, 6.07) is 8.48. The first-order valence-corrected chi connectivity index (χ1v) is 6.17. The minimum Gasteiger partial charge on any atom is -0.481 e. The van der Waals surface area contributed by atoms with E-state index in [1.807, 2.05) is 25.1 Å². The molecule has 0 aromatic carbocycles. The summed E-state index contributed by atoms with van der Waals surface area (Å²) in [5.74, 6) is 0.498. The number of pyridine rings is 2. The monoisotopic (exact) mass is 272 g/mol. The molecular formula is C14H16N4O2. The lowest BCUT2D eigenvalue weighted by molar-refractivity contribution is 0.249. The normalized spacial score (nSPS) is 11.5. The lowest BCUT2D eigenvalue weighted by Gasteiger charge is -2.14. The molecule has 2 heterocycles. The third-order valence-corrected chi connectivity index (χ3v) is 2.68. The Morgan fingerprint density at radius 2 is 2.10 bits per heavy atom. The molecule has 2 N–H and O–H groups in total. The molecule has 104 valence electrons. The molecule has 0 spiro atoms. The van der Waals surface area contributed by atoms with Gasteiger partial charge in [0.1, 0.15) is 0 Å². The Labute approximate surface area is 117 Å². The molecule has 2 aromatic heterocycles. The number of anilines is 1. The van der Waals surface area contributed by atoms with Crippen LogP contribution >= 0.6 is 0 Å². The van der Waals surface area contributed by atoms with Crippen LogP contribution in [0.2, 0.25) is 0 Å². The Morgan fingerprint density at radius 3 is 2.70 bits per heavy atom. The average Bonchev–Trinajstić information content (AvgIpc) is 2.49. The van der Waals surface area contributed by atoms with E-state index in [4.69, 9.17) is 4.74 Å². The summed E-state index contributed by atoms with van der Waals surface area (Å²) in [4.78, 5) is 20.0. The second-order valence-corrected chi connectivity index (χ2v) is 4.16. The summed E-state index contributed by atoms with van der Waals surface area (Å²) in [5.41, 5.74) is 1.40. The smallest absolute Gasteiger partial charge is 0.319 e. The third-order valence-electron chi connectivity index (χ3n) is 2.68. The van der Waals surface area contributed by atoms with Crippen molar-refractivity contribution < 1.29 is 9.53 Å². The van der Waals surface area contributed by atoms with E-state index >= 15 is 0 Å². The van der Waals surface area contributed by atoms with Crippen LogP contribution in [0.3, 0.4) is 0 Å². The van der Waals surface area contributed by atoms with Crippen molar-refractivity contribution in [2.75, 3.05) is 12.4 Å². The van der Waals surface area contributed by atoms with Crippen molar-refractivity contribution in [3.8, 4) is 5.88 Å². The van der Waals surface area contributed by atoms with E-state index < -0.39 is 0 Å². The molecule has 6 heteroatoms. The van der Waals surface area contributed by atoms with Gasteiger partial charge in [-0.2, -0.15) is 0 Å². The topological polar surface area (TPSA) is 76.1 Å². The highest BCUT2D eigenvalue weighted by molar-refractivity contribution is 5.89. The van der Waals surface area contributed by atoms with Crippen molar-refractivity contribution in [2.24, 2.45) is 0 Å². The van der Waals surface area contributed by atoms with Gasteiger partial charge in [0.25, 0.3) is 0 Å². The van der Waals surface area contributed by atoms with Gasteiger partial charge >= 0.3 is 6.03 Å². The first-order valence-electron chi connectivity index (χ1n) is 6.17. The number of amides is 2. The van der Waals surface area contributed by atoms with E-state index in [2.05, 4.69) is 20.6 Å². The maximum absolute atomic E-state index is 11.8. The third kappa shape index (κ3) is 3.68. The Hall–Kier alpha value is -2.63. The predicted molar refractivity (Wildman–Crippen MR) is 75.6 cm³/mol. The molecule has 2 amide bonds.